The van der Waals surface area contributed by atoms with Gasteiger partial charge in [-0.1, -0.05) is 25.1 Å². The number of anilines is 1. The van der Waals surface area contributed by atoms with Crippen LogP contribution in [-0.2, 0) is 4.79 Å². The average molecular weight is 225 g/mol. The van der Waals surface area contributed by atoms with Crippen molar-refractivity contribution in [2.45, 2.75) is 31.7 Å². The minimum Gasteiger partial charge on any atom is -0.307 e. The number of hydrogen-bond acceptors (Lipinski definition) is 1. The van der Waals surface area contributed by atoms with Gasteiger partial charge in [-0.3, -0.25) is 4.79 Å². The Hall–Kier alpha value is -1.75. The zero-order valence-electron chi connectivity index (χ0n) is 9.89. The molecule has 0 aliphatic carbocycles. The van der Waals surface area contributed by atoms with Crippen LogP contribution in [0.4, 0.5) is 5.69 Å². The maximum Gasteiger partial charge on any atom is 0.227 e. The van der Waals surface area contributed by atoms with Crippen molar-refractivity contribution >= 4 is 11.6 Å². The molecule has 1 aromatic rings. The van der Waals surface area contributed by atoms with Crippen molar-refractivity contribution in [2.75, 3.05) is 4.90 Å². The fraction of sp³-hybridized carbons (Fsp3) is 0.400. The predicted octanol–water partition coefficient (Wildman–Crippen LogP) is 2.55. The summed E-state index contributed by atoms with van der Waals surface area (Å²) in [6, 6.07) is 8.32. The SMILES string of the molecule is C#C[C@@H]1CCC(=O)N2c3ccccc3[C@@H](C)[C@H]12. The highest BCUT2D eigenvalue weighted by Crippen LogP contribution is 2.46. The van der Waals surface area contributed by atoms with Crippen LogP contribution in [0.15, 0.2) is 24.3 Å². The van der Waals surface area contributed by atoms with Crippen molar-refractivity contribution in [1.29, 1.82) is 0 Å². The summed E-state index contributed by atoms with van der Waals surface area (Å²) in [6.07, 6.45) is 7.02. The number of benzene rings is 1. The number of nitrogens with zero attached hydrogens (tertiary/aromatic N) is 1. The molecular weight excluding hydrogens is 210 g/mol. The molecule has 2 aliphatic heterocycles. The highest BCUT2D eigenvalue weighted by molar-refractivity contribution is 5.97. The lowest BCUT2D eigenvalue weighted by Crippen LogP contribution is -2.47. The third kappa shape index (κ3) is 1.32. The Labute approximate surface area is 102 Å². The Morgan fingerprint density at radius 2 is 2.18 bits per heavy atom. The van der Waals surface area contributed by atoms with Gasteiger partial charge in [0, 0.05) is 23.9 Å². The van der Waals surface area contributed by atoms with Gasteiger partial charge in [-0.15, -0.1) is 12.3 Å². The van der Waals surface area contributed by atoms with Gasteiger partial charge in [0.15, 0.2) is 0 Å². The first-order valence-corrected chi connectivity index (χ1v) is 6.11. The lowest BCUT2D eigenvalue weighted by Gasteiger charge is -2.36. The van der Waals surface area contributed by atoms with Crippen molar-refractivity contribution in [2.24, 2.45) is 5.92 Å². The first kappa shape index (κ1) is 10.4. The van der Waals surface area contributed by atoms with E-state index >= 15 is 0 Å². The van der Waals surface area contributed by atoms with E-state index in [-0.39, 0.29) is 17.9 Å². The van der Waals surface area contributed by atoms with Crippen LogP contribution in [0.2, 0.25) is 0 Å². The highest BCUT2D eigenvalue weighted by atomic mass is 16.2. The van der Waals surface area contributed by atoms with Crippen LogP contribution in [0.1, 0.15) is 31.2 Å². The number of carbonyl (C=O) groups excluding carboxylic acids is 1. The van der Waals surface area contributed by atoms with Crippen molar-refractivity contribution in [1.82, 2.24) is 0 Å². The van der Waals surface area contributed by atoms with Gasteiger partial charge in [0.05, 0.1) is 6.04 Å². The number of hydrogen-bond donors (Lipinski definition) is 0. The van der Waals surface area contributed by atoms with Gasteiger partial charge in [-0.05, 0) is 18.1 Å². The van der Waals surface area contributed by atoms with Crippen molar-refractivity contribution in [3.63, 3.8) is 0 Å². The van der Waals surface area contributed by atoms with Gasteiger partial charge in [0.25, 0.3) is 0 Å². The summed E-state index contributed by atoms with van der Waals surface area (Å²) in [5.74, 6) is 3.62. The fourth-order valence-electron chi connectivity index (χ4n) is 3.24. The molecule has 0 saturated carbocycles. The van der Waals surface area contributed by atoms with Crippen molar-refractivity contribution in [3.05, 3.63) is 29.8 Å². The van der Waals surface area contributed by atoms with E-state index < -0.39 is 0 Å². The van der Waals surface area contributed by atoms with Crippen LogP contribution in [0, 0.1) is 18.3 Å². The van der Waals surface area contributed by atoms with Gasteiger partial charge >= 0.3 is 0 Å². The Balaban J connectivity index is 2.13. The molecule has 86 valence electrons. The van der Waals surface area contributed by atoms with E-state index in [0.29, 0.717) is 12.3 Å². The second kappa shape index (κ2) is 3.63. The van der Waals surface area contributed by atoms with Gasteiger partial charge in [0.2, 0.25) is 5.91 Å². The number of para-hydroxylation sites is 1. The molecule has 1 fully saturated rings. The average Bonchev–Trinajstić information content (AvgIpc) is 2.66. The molecule has 0 unspecified atom stereocenters. The molecule has 2 heteroatoms. The smallest absolute Gasteiger partial charge is 0.227 e. The summed E-state index contributed by atoms with van der Waals surface area (Å²) in [5, 5.41) is 0. The molecule has 3 rings (SSSR count). The van der Waals surface area contributed by atoms with E-state index in [1.165, 1.54) is 5.56 Å². The standard InChI is InChI=1S/C15H15NO/c1-3-11-8-9-14(17)16-13-7-5-4-6-12(13)10(2)15(11)16/h1,4-7,10-11,15H,8-9H2,2H3/t10-,11-,15-/m1/s1. The monoisotopic (exact) mass is 225 g/mol. The Morgan fingerprint density at radius 1 is 1.41 bits per heavy atom. The molecule has 0 N–H and O–H groups in total. The third-order valence-corrected chi connectivity index (χ3v) is 4.06. The number of piperidine rings is 1. The molecule has 0 radical (unpaired) electrons. The first-order valence-electron chi connectivity index (χ1n) is 6.11. The molecule has 17 heavy (non-hydrogen) atoms. The number of fused-ring (bicyclic) bond motifs is 3. The van der Waals surface area contributed by atoms with E-state index in [1.807, 2.05) is 23.1 Å². The topological polar surface area (TPSA) is 20.3 Å². The second-order valence-corrected chi connectivity index (χ2v) is 4.91. The molecule has 0 spiro atoms. The Kier molecular flexibility index (Phi) is 2.22. The van der Waals surface area contributed by atoms with Crippen LogP contribution in [0.25, 0.3) is 0 Å². The summed E-state index contributed by atoms with van der Waals surface area (Å²) in [4.78, 5) is 14.0. The number of rotatable bonds is 0. The quantitative estimate of drug-likeness (QED) is 0.621. The van der Waals surface area contributed by atoms with Crippen LogP contribution in [0.5, 0.6) is 0 Å². The van der Waals surface area contributed by atoms with E-state index in [1.54, 1.807) is 0 Å². The van der Waals surface area contributed by atoms with Crippen LogP contribution >= 0.6 is 0 Å². The van der Waals surface area contributed by atoms with Gasteiger partial charge in [0.1, 0.15) is 0 Å². The zero-order chi connectivity index (χ0) is 12.0. The van der Waals surface area contributed by atoms with E-state index in [4.69, 9.17) is 6.42 Å². The van der Waals surface area contributed by atoms with Gasteiger partial charge < -0.3 is 4.90 Å². The fourth-order valence-corrected chi connectivity index (χ4v) is 3.24. The molecule has 1 amide bonds. The van der Waals surface area contributed by atoms with E-state index in [2.05, 4.69) is 18.9 Å². The minimum atomic E-state index is 0.165. The van der Waals surface area contributed by atoms with Crippen LogP contribution in [-0.4, -0.2) is 11.9 Å². The lowest BCUT2D eigenvalue weighted by atomic mass is 9.83. The largest absolute Gasteiger partial charge is 0.307 e. The lowest BCUT2D eigenvalue weighted by molar-refractivity contribution is -0.120. The second-order valence-electron chi connectivity index (χ2n) is 4.91. The van der Waals surface area contributed by atoms with Crippen molar-refractivity contribution in [3.8, 4) is 12.3 Å². The summed E-state index contributed by atoms with van der Waals surface area (Å²) < 4.78 is 0. The third-order valence-electron chi connectivity index (χ3n) is 4.06. The normalized spacial score (nSPS) is 30.7. The molecule has 3 atom stereocenters. The molecule has 1 aromatic carbocycles. The van der Waals surface area contributed by atoms with E-state index in [0.717, 1.165) is 12.1 Å². The molecule has 2 aliphatic rings. The zero-order valence-corrected chi connectivity index (χ0v) is 9.89. The summed E-state index contributed by atoms with van der Waals surface area (Å²) >= 11 is 0. The summed E-state index contributed by atoms with van der Waals surface area (Å²) in [7, 11) is 0. The van der Waals surface area contributed by atoms with Crippen molar-refractivity contribution < 1.29 is 4.79 Å². The first-order chi connectivity index (χ1) is 8.24. The molecule has 2 nitrogen and oxygen atoms in total. The van der Waals surface area contributed by atoms with Gasteiger partial charge in [-0.2, -0.15) is 0 Å². The number of carbonyl (C=O) groups is 1. The van der Waals surface area contributed by atoms with Crippen LogP contribution in [0.3, 0.4) is 0 Å². The molecule has 0 aromatic heterocycles. The molecule has 0 bridgehead atoms. The predicted molar refractivity (Wildman–Crippen MR) is 67.7 cm³/mol. The maximum atomic E-state index is 12.1. The summed E-state index contributed by atoms with van der Waals surface area (Å²) in [6.45, 7) is 2.17. The highest BCUT2D eigenvalue weighted by Gasteiger charge is 2.45. The molecule has 1 saturated heterocycles. The summed E-state index contributed by atoms with van der Waals surface area (Å²) in [5.41, 5.74) is 2.32. The molecule has 2 heterocycles. The maximum absolute atomic E-state index is 12.1. The Morgan fingerprint density at radius 3 is 2.94 bits per heavy atom. The van der Waals surface area contributed by atoms with E-state index in [9.17, 15) is 4.79 Å². The Bertz CT molecular complexity index is 514. The minimum absolute atomic E-state index is 0.165. The molecular formula is C15H15NO. The van der Waals surface area contributed by atoms with Crippen LogP contribution < -0.4 is 4.90 Å². The van der Waals surface area contributed by atoms with Gasteiger partial charge in [-0.25, -0.2) is 0 Å². The number of terminal acetylenes is 1. The number of amides is 1.